The lowest BCUT2D eigenvalue weighted by Crippen LogP contribution is -2.18. The van der Waals surface area contributed by atoms with E-state index in [1.165, 1.54) is 163 Å². The number of oxazole rings is 1. The van der Waals surface area contributed by atoms with Crippen LogP contribution in [-0.4, -0.2) is 10.7 Å². The first-order valence-electron chi connectivity index (χ1n) is 25.0. The summed E-state index contributed by atoms with van der Waals surface area (Å²) in [5.74, 6) is 0.648. The van der Waals surface area contributed by atoms with E-state index in [2.05, 4.69) is 143 Å². The third kappa shape index (κ3) is 14.8. The average Bonchev–Trinajstić information content (AvgIpc) is 3.92. The highest BCUT2D eigenvalue weighted by atomic mass is 16.3. The predicted molar refractivity (Wildman–Crippen MR) is 268 cm³/mol. The Hall–Kier alpha value is -4.44. The number of fused-ring (bicyclic) bond motifs is 1. The maximum Gasteiger partial charge on any atom is 0.227 e. The van der Waals surface area contributed by atoms with Gasteiger partial charge in [-0.15, -0.1) is 0 Å². The molecule has 0 N–H and O–H groups in total. The van der Waals surface area contributed by atoms with Gasteiger partial charge in [-0.25, -0.2) is 4.98 Å². The summed E-state index contributed by atoms with van der Waals surface area (Å²) in [7, 11) is 0. The fourth-order valence-corrected chi connectivity index (χ4v) is 8.93. The van der Waals surface area contributed by atoms with Crippen LogP contribution in [0.25, 0.3) is 28.6 Å². The minimum Gasteiger partial charge on any atom is -0.436 e. The molecule has 0 spiro atoms. The number of allylic oxidation sites excluding steroid dienone is 1. The molecule has 0 aliphatic carbocycles. The fourth-order valence-electron chi connectivity index (χ4n) is 8.93. The summed E-state index contributed by atoms with van der Waals surface area (Å²) in [6.07, 6.45) is 35.2. The Bertz CT molecular complexity index is 2080. The van der Waals surface area contributed by atoms with Crippen LogP contribution in [0.15, 0.2) is 107 Å². The van der Waals surface area contributed by atoms with Gasteiger partial charge < -0.3 is 4.42 Å². The zero-order valence-corrected chi connectivity index (χ0v) is 39.4. The number of hydrogen-bond donors (Lipinski definition) is 0. The smallest absolute Gasteiger partial charge is 0.227 e. The zero-order valence-electron chi connectivity index (χ0n) is 39.4. The molecule has 1 atom stereocenters. The van der Waals surface area contributed by atoms with Crippen molar-refractivity contribution in [1.29, 1.82) is 0 Å². The molecule has 1 aromatic heterocycles. The Labute approximate surface area is 376 Å². The molecule has 1 aliphatic heterocycles. The molecule has 0 saturated heterocycles. The highest BCUT2D eigenvalue weighted by Crippen LogP contribution is 2.37. The molecule has 0 saturated carbocycles. The predicted octanol–water partition coefficient (Wildman–Crippen LogP) is 17.7. The molecule has 0 radical (unpaired) electrons. The van der Waals surface area contributed by atoms with Gasteiger partial charge in [0.05, 0.1) is 17.4 Å². The second-order valence-corrected chi connectivity index (χ2v) is 19.3. The number of aromatic nitrogens is 1. The van der Waals surface area contributed by atoms with Crippen LogP contribution in [0, 0.1) is 0 Å². The quantitative estimate of drug-likeness (QED) is 0.0495. The molecular formula is C58H79N3O. The van der Waals surface area contributed by atoms with Crippen LogP contribution in [0.2, 0.25) is 0 Å². The van der Waals surface area contributed by atoms with Gasteiger partial charge in [0.1, 0.15) is 5.52 Å². The molecule has 4 aromatic carbocycles. The monoisotopic (exact) mass is 834 g/mol. The molecule has 1 unspecified atom stereocenters. The first kappa shape index (κ1) is 47.0. The molecule has 332 valence electrons. The van der Waals surface area contributed by atoms with Crippen molar-refractivity contribution in [2.24, 2.45) is 5.10 Å². The van der Waals surface area contributed by atoms with Crippen molar-refractivity contribution in [3.63, 3.8) is 0 Å². The second kappa shape index (κ2) is 25.0. The minimum atomic E-state index is 0.0549. The van der Waals surface area contributed by atoms with Crippen molar-refractivity contribution < 1.29 is 4.42 Å². The van der Waals surface area contributed by atoms with E-state index in [9.17, 15) is 0 Å². The van der Waals surface area contributed by atoms with Crippen LogP contribution in [0.1, 0.15) is 203 Å². The molecular weight excluding hydrogens is 755 g/mol. The number of rotatable bonds is 27. The number of anilines is 1. The number of hydrazone groups is 1. The zero-order chi connectivity index (χ0) is 43.4. The Balaban J connectivity index is 1.07. The molecule has 62 heavy (non-hydrogen) atoms. The van der Waals surface area contributed by atoms with Gasteiger partial charge in [0, 0.05) is 12.0 Å². The van der Waals surface area contributed by atoms with Crippen LogP contribution in [-0.2, 0) is 18.3 Å². The molecule has 4 nitrogen and oxygen atoms in total. The lowest BCUT2D eigenvalue weighted by molar-refractivity contribution is 0.556. The van der Waals surface area contributed by atoms with E-state index in [1.807, 2.05) is 0 Å². The van der Waals surface area contributed by atoms with E-state index in [4.69, 9.17) is 14.5 Å². The van der Waals surface area contributed by atoms with Crippen molar-refractivity contribution in [2.75, 3.05) is 5.01 Å². The van der Waals surface area contributed by atoms with E-state index in [0.29, 0.717) is 5.89 Å². The van der Waals surface area contributed by atoms with Crippen molar-refractivity contribution >= 4 is 28.6 Å². The van der Waals surface area contributed by atoms with Gasteiger partial charge in [-0.05, 0) is 101 Å². The Morgan fingerprint density at radius 1 is 0.581 bits per heavy atom. The summed E-state index contributed by atoms with van der Waals surface area (Å²) in [6.45, 7) is 11.3. The van der Waals surface area contributed by atoms with Gasteiger partial charge in [0.25, 0.3) is 0 Å². The third-order valence-electron chi connectivity index (χ3n) is 13.0. The molecule has 1 aliphatic rings. The Morgan fingerprint density at radius 2 is 1.10 bits per heavy atom. The molecule has 0 amide bonds. The van der Waals surface area contributed by atoms with Crippen LogP contribution < -0.4 is 5.01 Å². The van der Waals surface area contributed by atoms with Crippen LogP contribution in [0.4, 0.5) is 5.69 Å². The molecule has 4 heteroatoms. The summed E-state index contributed by atoms with van der Waals surface area (Å²) >= 11 is 0. The summed E-state index contributed by atoms with van der Waals surface area (Å²) in [6, 6.07) is 33.6. The standard InChI is InChI=1S/C58H79N3O/c1-6-8-10-12-14-16-18-20-22-24-26-46-28-30-48(31-29-46)34-40-52-45-55(49-35-32-47(33-36-49)27-25-23-21-19-17-15-13-11-9-7-2)61(60-52)53-41-37-50(38-42-53)57-59-54-44-51(58(3,4)5)39-43-56(54)62-57/h28-44,55H,6-27,45H2,1-5H3. The number of aryl methyl sites for hydroxylation is 2. The molecule has 6 rings (SSSR count). The van der Waals surface area contributed by atoms with Crippen molar-refractivity contribution in [2.45, 2.75) is 194 Å². The van der Waals surface area contributed by atoms with Gasteiger partial charge in [0.15, 0.2) is 5.58 Å². The topological polar surface area (TPSA) is 41.6 Å². The van der Waals surface area contributed by atoms with Gasteiger partial charge in [-0.2, -0.15) is 5.10 Å². The van der Waals surface area contributed by atoms with E-state index in [1.54, 1.807) is 0 Å². The van der Waals surface area contributed by atoms with Gasteiger partial charge in [-0.1, -0.05) is 211 Å². The number of nitrogens with zero attached hydrogens (tertiary/aromatic N) is 3. The Kier molecular flexibility index (Phi) is 19.0. The van der Waals surface area contributed by atoms with Crippen molar-refractivity contribution in [1.82, 2.24) is 4.98 Å². The van der Waals surface area contributed by atoms with Gasteiger partial charge in [0.2, 0.25) is 5.89 Å². The molecule has 0 bridgehead atoms. The maximum absolute atomic E-state index is 6.24. The molecule has 2 heterocycles. The van der Waals surface area contributed by atoms with Gasteiger partial charge >= 0.3 is 0 Å². The number of hydrogen-bond acceptors (Lipinski definition) is 4. The minimum absolute atomic E-state index is 0.0549. The largest absolute Gasteiger partial charge is 0.436 e. The second-order valence-electron chi connectivity index (χ2n) is 19.3. The van der Waals surface area contributed by atoms with Gasteiger partial charge in [-0.3, -0.25) is 5.01 Å². The Morgan fingerprint density at radius 3 is 1.63 bits per heavy atom. The van der Waals surface area contributed by atoms with E-state index < -0.39 is 0 Å². The normalized spacial score (nSPS) is 14.4. The van der Waals surface area contributed by atoms with Crippen molar-refractivity contribution in [3.05, 3.63) is 125 Å². The molecule has 0 fully saturated rings. The summed E-state index contributed by atoms with van der Waals surface area (Å²) in [5.41, 5.74) is 11.6. The SMILES string of the molecule is CCCCCCCCCCCCc1ccc(C=CC2=NN(c3ccc(-c4nc5cc(C(C)(C)C)ccc5o4)cc3)C(c3ccc(CCCCCCCCCCCC)cc3)C2)cc1. The lowest BCUT2D eigenvalue weighted by atomic mass is 9.87. The van der Waals surface area contributed by atoms with E-state index in [0.717, 1.165) is 40.9 Å². The summed E-state index contributed by atoms with van der Waals surface area (Å²) < 4.78 is 6.24. The first-order valence-corrected chi connectivity index (χ1v) is 25.0. The first-order chi connectivity index (χ1) is 30.3. The summed E-state index contributed by atoms with van der Waals surface area (Å²) in [5, 5.41) is 7.48. The van der Waals surface area contributed by atoms with Crippen LogP contribution >= 0.6 is 0 Å². The van der Waals surface area contributed by atoms with E-state index >= 15 is 0 Å². The number of benzene rings is 4. The number of unbranched alkanes of at least 4 members (excludes halogenated alkanes) is 18. The highest BCUT2D eigenvalue weighted by molar-refractivity contribution is 6.01. The van der Waals surface area contributed by atoms with Crippen LogP contribution in [0.5, 0.6) is 0 Å². The summed E-state index contributed by atoms with van der Waals surface area (Å²) in [4.78, 5) is 4.90. The third-order valence-corrected chi connectivity index (χ3v) is 13.0. The van der Waals surface area contributed by atoms with Crippen LogP contribution in [0.3, 0.4) is 0 Å². The molecule has 5 aromatic rings. The van der Waals surface area contributed by atoms with E-state index in [-0.39, 0.29) is 11.5 Å². The van der Waals surface area contributed by atoms with Crippen molar-refractivity contribution in [3.8, 4) is 11.5 Å². The highest BCUT2D eigenvalue weighted by Gasteiger charge is 2.28. The maximum atomic E-state index is 6.24. The lowest BCUT2D eigenvalue weighted by Gasteiger charge is -2.24. The fraction of sp³-hybridized carbons (Fsp3) is 0.517. The average molecular weight is 834 g/mol.